The van der Waals surface area contributed by atoms with Gasteiger partial charge in [-0.1, -0.05) is 18.2 Å². The van der Waals surface area contributed by atoms with Crippen LogP contribution in [0.3, 0.4) is 0 Å². The van der Waals surface area contributed by atoms with Gasteiger partial charge in [0, 0.05) is 18.2 Å². The third-order valence-corrected chi connectivity index (χ3v) is 3.34. The van der Waals surface area contributed by atoms with Gasteiger partial charge in [-0.3, -0.25) is 9.59 Å². The summed E-state index contributed by atoms with van der Waals surface area (Å²) in [5.41, 5.74) is 2.10. The summed E-state index contributed by atoms with van der Waals surface area (Å²) in [6.45, 7) is 2.01. The fraction of sp³-hybridized carbons (Fsp3) is 0.429. The summed E-state index contributed by atoms with van der Waals surface area (Å²) in [4.78, 5) is 24.4. The first-order valence-corrected chi connectivity index (χ1v) is 6.21. The van der Waals surface area contributed by atoms with E-state index in [1.807, 2.05) is 31.2 Å². The van der Waals surface area contributed by atoms with Crippen molar-refractivity contribution < 1.29 is 14.7 Å². The molecule has 1 atom stereocenters. The van der Waals surface area contributed by atoms with Crippen LogP contribution in [0.15, 0.2) is 24.3 Å². The molecule has 0 saturated heterocycles. The van der Waals surface area contributed by atoms with E-state index in [2.05, 4.69) is 0 Å². The number of carboxylic acids is 1. The molecule has 1 aliphatic heterocycles. The predicted molar refractivity (Wildman–Crippen MR) is 68.6 cm³/mol. The summed E-state index contributed by atoms with van der Waals surface area (Å²) in [5.74, 6) is -1.03. The molecule has 0 unspecified atom stereocenters. The number of carbonyl (C=O) groups is 2. The molecule has 1 aliphatic rings. The lowest BCUT2D eigenvalue weighted by atomic mass is 9.96. The molecule has 0 radical (unpaired) electrons. The number of benzene rings is 1. The highest BCUT2D eigenvalue weighted by atomic mass is 16.4. The predicted octanol–water partition coefficient (Wildman–Crippen LogP) is 2.22. The van der Waals surface area contributed by atoms with Gasteiger partial charge in [0.1, 0.15) is 0 Å². The van der Waals surface area contributed by atoms with E-state index in [1.165, 1.54) is 5.56 Å². The van der Waals surface area contributed by atoms with Crippen molar-refractivity contribution in [3.8, 4) is 0 Å². The Kier molecular flexibility index (Phi) is 3.65. The van der Waals surface area contributed by atoms with Crippen LogP contribution in [0.5, 0.6) is 0 Å². The Balaban J connectivity index is 2.21. The lowest BCUT2D eigenvalue weighted by molar-refractivity contribution is -0.138. The Morgan fingerprint density at radius 1 is 1.33 bits per heavy atom. The van der Waals surface area contributed by atoms with Gasteiger partial charge in [-0.05, 0) is 31.4 Å². The van der Waals surface area contributed by atoms with Gasteiger partial charge in [0.25, 0.3) is 0 Å². The third-order valence-electron chi connectivity index (χ3n) is 3.34. The highest BCUT2D eigenvalue weighted by molar-refractivity contribution is 5.96. The van der Waals surface area contributed by atoms with Crippen LogP contribution in [-0.2, 0) is 16.0 Å². The molecule has 0 spiro atoms. The summed E-state index contributed by atoms with van der Waals surface area (Å²) in [6, 6.07) is 7.98. The summed E-state index contributed by atoms with van der Waals surface area (Å²) in [5, 5.41) is 8.65. The van der Waals surface area contributed by atoms with Gasteiger partial charge < -0.3 is 10.0 Å². The molecule has 1 amide bonds. The number of carboxylic acid groups (broad SMARTS) is 1. The quantitative estimate of drug-likeness (QED) is 0.891. The second-order valence-corrected chi connectivity index (χ2v) is 4.67. The zero-order valence-corrected chi connectivity index (χ0v) is 10.4. The molecular formula is C14H17NO3. The Bertz CT molecular complexity index is 470. The first-order chi connectivity index (χ1) is 8.59. The summed E-state index contributed by atoms with van der Waals surface area (Å²) in [6.07, 6.45) is 1.86. The number of aliphatic carboxylic acids is 1. The van der Waals surface area contributed by atoms with Gasteiger partial charge in [-0.2, -0.15) is 0 Å². The molecule has 2 rings (SSSR count). The number of carbonyl (C=O) groups excluding carboxylic acids is 1. The molecule has 1 N–H and O–H groups in total. The Labute approximate surface area is 106 Å². The second-order valence-electron chi connectivity index (χ2n) is 4.67. The maximum Gasteiger partial charge on any atom is 0.303 e. The lowest BCUT2D eigenvalue weighted by Crippen LogP contribution is -2.42. The number of rotatable bonds is 3. The molecular weight excluding hydrogens is 230 g/mol. The van der Waals surface area contributed by atoms with Crippen molar-refractivity contribution in [3.05, 3.63) is 29.8 Å². The minimum Gasteiger partial charge on any atom is -0.481 e. The molecule has 1 aromatic rings. The number of hydrogen-bond donors (Lipinski definition) is 1. The molecule has 1 heterocycles. The van der Waals surface area contributed by atoms with Gasteiger partial charge >= 0.3 is 5.97 Å². The second kappa shape index (κ2) is 5.21. The summed E-state index contributed by atoms with van der Waals surface area (Å²) < 4.78 is 0. The number of amides is 1. The molecule has 0 aliphatic carbocycles. The van der Waals surface area contributed by atoms with E-state index in [4.69, 9.17) is 5.11 Å². The van der Waals surface area contributed by atoms with Crippen LogP contribution >= 0.6 is 0 Å². The van der Waals surface area contributed by atoms with Crippen molar-refractivity contribution in [1.29, 1.82) is 0 Å². The molecule has 0 bridgehead atoms. The van der Waals surface area contributed by atoms with Crippen LogP contribution in [-0.4, -0.2) is 23.0 Å². The van der Waals surface area contributed by atoms with Crippen molar-refractivity contribution in [2.24, 2.45) is 0 Å². The first-order valence-electron chi connectivity index (χ1n) is 6.21. The van der Waals surface area contributed by atoms with Crippen molar-refractivity contribution in [2.75, 3.05) is 4.90 Å². The number of hydrogen-bond acceptors (Lipinski definition) is 2. The number of fused-ring (bicyclic) bond motifs is 1. The van der Waals surface area contributed by atoms with E-state index in [0.29, 0.717) is 0 Å². The SMILES string of the molecule is C[C@H]1CCc2ccccc2N1C(=O)CCC(=O)O. The van der Waals surface area contributed by atoms with Crippen LogP contribution in [0.2, 0.25) is 0 Å². The first kappa shape index (κ1) is 12.6. The molecule has 18 heavy (non-hydrogen) atoms. The van der Waals surface area contributed by atoms with Gasteiger partial charge in [0.15, 0.2) is 0 Å². The van der Waals surface area contributed by atoms with Crippen LogP contribution in [0, 0.1) is 0 Å². The van der Waals surface area contributed by atoms with E-state index in [1.54, 1.807) is 4.90 Å². The van der Waals surface area contributed by atoms with E-state index in [0.717, 1.165) is 18.5 Å². The monoisotopic (exact) mass is 247 g/mol. The molecule has 0 aromatic heterocycles. The van der Waals surface area contributed by atoms with E-state index >= 15 is 0 Å². The zero-order chi connectivity index (χ0) is 13.1. The third kappa shape index (κ3) is 2.53. The van der Waals surface area contributed by atoms with Gasteiger partial charge in [0.2, 0.25) is 5.91 Å². The Morgan fingerprint density at radius 2 is 2.06 bits per heavy atom. The normalized spacial score (nSPS) is 18.3. The topological polar surface area (TPSA) is 57.6 Å². The zero-order valence-electron chi connectivity index (χ0n) is 10.4. The van der Waals surface area contributed by atoms with Gasteiger partial charge in [-0.25, -0.2) is 0 Å². The van der Waals surface area contributed by atoms with Gasteiger partial charge in [-0.15, -0.1) is 0 Å². The number of anilines is 1. The lowest BCUT2D eigenvalue weighted by Gasteiger charge is -2.35. The average Bonchev–Trinajstić information content (AvgIpc) is 2.36. The largest absolute Gasteiger partial charge is 0.481 e. The molecule has 4 heteroatoms. The van der Waals surface area contributed by atoms with E-state index < -0.39 is 5.97 Å². The average molecular weight is 247 g/mol. The fourth-order valence-electron chi connectivity index (χ4n) is 2.40. The van der Waals surface area contributed by atoms with Crippen molar-refractivity contribution in [2.45, 2.75) is 38.6 Å². The minimum absolute atomic E-state index is 0.0635. The maximum atomic E-state index is 12.1. The van der Waals surface area contributed by atoms with Crippen LogP contribution in [0.25, 0.3) is 0 Å². The molecule has 0 saturated carbocycles. The number of para-hydroxylation sites is 1. The molecule has 4 nitrogen and oxygen atoms in total. The highest BCUT2D eigenvalue weighted by Gasteiger charge is 2.27. The smallest absolute Gasteiger partial charge is 0.303 e. The van der Waals surface area contributed by atoms with Gasteiger partial charge in [0.05, 0.1) is 6.42 Å². The Morgan fingerprint density at radius 3 is 2.78 bits per heavy atom. The van der Waals surface area contributed by atoms with Crippen molar-refractivity contribution >= 4 is 17.6 Å². The summed E-state index contributed by atoms with van der Waals surface area (Å²) in [7, 11) is 0. The van der Waals surface area contributed by atoms with E-state index in [-0.39, 0.29) is 24.8 Å². The number of aryl methyl sites for hydroxylation is 1. The fourth-order valence-corrected chi connectivity index (χ4v) is 2.40. The molecule has 0 fully saturated rings. The Hall–Kier alpha value is -1.84. The van der Waals surface area contributed by atoms with Crippen LogP contribution in [0.1, 0.15) is 31.7 Å². The van der Waals surface area contributed by atoms with E-state index in [9.17, 15) is 9.59 Å². The van der Waals surface area contributed by atoms with Crippen molar-refractivity contribution in [3.63, 3.8) is 0 Å². The maximum absolute atomic E-state index is 12.1. The van der Waals surface area contributed by atoms with Crippen LogP contribution < -0.4 is 4.90 Å². The summed E-state index contributed by atoms with van der Waals surface area (Å²) >= 11 is 0. The standard InChI is InChI=1S/C14H17NO3/c1-10-6-7-11-4-2-3-5-12(11)15(10)13(16)8-9-14(17)18/h2-5,10H,6-9H2,1H3,(H,17,18)/t10-/m0/s1. The highest BCUT2D eigenvalue weighted by Crippen LogP contribution is 2.30. The minimum atomic E-state index is -0.929. The molecule has 96 valence electrons. The van der Waals surface area contributed by atoms with Crippen molar-refractivity contribution in [1.82, 2.24) is 0 Å². The molecule has 1 aromatic carbocycles. The number of nitrogens with zero attached hydrogens (tertiary/aromatic N) is 1. The van der Waals surface area contributed by atoms with Crippen LogP contribution in [0.4, 0.5) is 5.69 Å².